The van der Waals surface area contributed by atoms with E-state index in [2.05, 4.69) is 6.07 Å². The number of halogens is 1. The van der Waals surface area contributed by atoms with E-state index in [1.165, 1.54) is 0 Å². The van der Waals surface area contributed by atoms with Crippen molar-refractivity contribution in [3.63, 3.8) is 0 Å². The second-order valence-electron chi connectivity index (χ2n) is 2.52. The van der Waals surface area contributed by atoms with E-state index >= 15 is 0 Å². The molecule has 2 N–H and O–H groups in total. The fourth-order valence-electron chi connectivity index (χ4n) is 0.984. The van der Waals surface area contributed by atoms with Crippen molar-refractivity contribution in [1.29, 1.82) is 0 Å². The molecule has 0 saturated heterocycles. The minimum absolute atomic E-state index is 0.560. The Morgan fingerprint density at radius 2 is 2.25 bits per heavy atom. The molecule has 12 heavy (non-hydrogen) atoms. The lowest BCUT2D eigenvalue weighted by molar-refractivity contribution is 1.26. The molecule has 0 atom stereocenters. The molecule has 0 aliphatic carbocycles. The summed E-state index contributed by atoms with van der Waals surface area (Å²) in [5.74, 6) is 0.560. The molecule has 1 aromatic rings. The molecule has 0 aliphatic heterocycles. The van der Waals surface area contributed by atoms with Gasteiger partial charge in [0.2, 0.25) is 0 Å². The minimum Gasteiger partial charge on any atom is -0.327 e. The molecule has 0 unspecified atom stereocenters. The van der Waals surface area contributed by atoms with Crippen molar-refractivity contribution in [1.82, 2.24) is 0 Å². The van der Waals surface area contributed by atoms with Crippen LogP contribution in [-0.4, -0.2) is 6.54 Å². The Kier molecular flexibility index (Phi) is 3.85. The highest BCUT2D eigenvalue weighted by atomic mass is 35.5. The minimum atomic E-state index is 0.560. The van der Waals surface area contributed by atoms with Crippen molar-refractivity contribution in [3.05, 3.63) is 41.5 Å². The zero-order chi connectivity index (χ0) is 8.81. The van der Waals surface area contributed by atoms with Gasteiger partial charge in [-0.2, -0.15) is 0 Å². The third kappa shape index (κ3) is 2.68. The van der Waals surface area contributed by atoms with Crippen LogP contribution in [0.2, 0.25) is 0 Å². The van der Waals surface area contributed by atoms with Crippen LogP contribution in [0.25, 0.3) is 6.08 Å². The van der Waals surface area contributed by atoms with E-state index in [1.807, 2.05) is 30.4 Å². The third-order valence-electron chi connectivity index (χ3n) is 1.55. The Bertz CT molecular complexity index is 268. The van der Waals surface area contributed by atoms with Gasteiger partial charge in [-0.05, 0) is 11.1 Å². The predicted molar refractivity (Wildman–Crippen MR) is 54.1 cm³/mol. The Hall–Kier alpha value is -0.790. The molecule has 0 aliphatic rings. The van der Waals surface area contributed by atoms with Crippen LogP contribution in [-0.2, 0) is 5.88 Å². The highest BCUT2D eigenvalue weighted by Crippen LogP contribution is 2.08. The van der Waals surface area contributed by atoms with Crippen LogP contribution >= 0.6 is 11.6 Å². The molecular weight excluding hydrogens is 170 g/mol. The second-order valence-corrected chi connectivity index (χ2v) is 2.78. The molecule has 2 heteroatoms. The van der Waals surface area contributed by atoms with Gasteiger partial charge in [-0.25, -0.2) is 0 Å². The van der Waals surface area contributed by atoms with Crippen molar-refractivity contribution in [3.8, 4) is 0 Å². The molecular formula is C10H12ClN. The predicted octanol–water partition coefficient (Wildman–Crippen LogP) is 2.40. The van der Waals surface area contributed by atoms with E-state index in [9.17, 15) is 0 Å². The normalized spacial score (nSPS) is 10.8. The van der Waals surface area contributed by atoms with Gasteiger partial charge in [0.05, 0.1) is 0 Å². The average molecular weight is 182 g/mol. The van der Waals surface area contributed by atoms with E-state index in [-0.39, 0.29) is 0 Å². The van der Waals surface area contributed by atoms with E-state index in [4.69, 9.17) is 17.3 Å². The van der Waals surface area contributed by atoms with E-state index in [1.54, 1.807) is 0 Å². The molecule has 64 valence electrons. The molecule has 1 rings (SSSR count). The standard InChI is InChI=1S/C10H12ClN/c11-8-10-4-1-3-9(7-10)5-2-6-12/h1-5,7H,6,8,12H2. The largest absolute Gasteiger partial charge is 0.327 e. The van der Waals surface area contributed by atoms with Crippen LogP contribution < -0.4 is 5.73 Å². The molecule has 0 fully saturated rings. The van der Waals surface area contributed by atoms with Gasteiger partial charge in [0.1, 0.15) is 0 Å². The summed E-state index contributed by atoms with van der Waals surface area (Å²) in [6.45, 7) is 0.575. The van der Waals surface area contributed by atoms with E-state index in [0.29, 0.717) is 12.4 Å². The van der Waals surface area contributed by atoms with Gasteiger partial charge in [0.25, 0.3) is 0 Å². The molecule has 1 aromatic carbocycles. The second kappa shape index (κ2) is 4.96. The van der Waals surface area contributed by atoms with Crippen LogP contribution in [0.5, 0.6) is 0 Å². The van der Waals surface area contributed by atoms with Crippen molar-refractivity contribution in [2.75, 3.05) is 6.54 Å². The van der Waals surface area contributed by atoms with E-state index < -0.39 is 0 Å². The van der Waals surface area contributed by atoms with Crippen LogP contribution in [0.1, 0.15) is 11.1 Å². The molecule has 0 spiro atoms. The summed E-state index contributed by atoms with van der Waals surface area (Å²) in [5.41, 5.74) is 7.62. The number of hydrogen-bond acceptors (Lipinski definition) is 1. The van der Waals surface area contributed by atoms with Gasteiger partial charge < -0.3 is 5.73 Å². The summed E-state index contributed by atoms with van der Waals surface area (Å²) in [4.78, 5) is 0. The van der Waals surface area contributed by atoms with Crippen LogP contribution in [0.15, 0.2) is 30.3 Å². The highest BCUT2D eigenvalue weighted by molar-refractivity contribution is 6.17. The smallest absolute Gasteiger partial charge is 0.0474 e. The Labute approximate surface area is 77.8 Å². The number of benzene rings is 1. The summed E-state index contributed by atoms with van der Waals surface area (Å²) in [6, 6.07) is 8.09. The average Bonchev–Trinajstić information content (AvgIpc) is 2.15. The van der Waals surface area contributed by atoms with Gasteiger partial charge in [-0.1, -0.05) is 36.4 Å². The molecule has 0 aromatic heterocycles. The lowest BCUT2D eigenvalue weighted by atomic mass is 10.1. The van der Waals surface area contributed by atoms with Crippen molar-refractivity contribution in [2.24, 2.45) is 5.73 Å². The maximum atomic E-state index is 5.68. The molecule has 0 saturated carbocycles. The first-order valence-corrected chi connectivity index (χ1v) is 4.42. The lowest BCUT2D eigenvalue weighted by Gasteiger charge is -1.96. The SMILES string of the molecule is NCC=Cc1cccc(CCl)c1. The molecule has 0 radical (unpaired) electrons. The fourth-order valence-corrected chi connectivity index (χ4v) is 1.15. The van der Waals surface area contributed by atoms with Crippen LogP contribution in [0, 0.1) is 0 Å². The molecule has 1 nitrogen and oxygen atoms in total. The Morgan fingerprint density at radius 1 is 1.42 bits per heavy atom. The number of hydrogen-bond donors (Lipinski definition) is 1. The number of nitrogens with two attached hydrogens (primary N) is 1. The first-order chi connectivity index (χ1) is 5.86. The summed E-state index contributed by atoms with van der Waals surface area (Å²) in [6.07, 6.45) is 3.92. The fraction of sp³-hybridized carbons (Fsp3) is 0.200. The quantitative estimate of drug-likeness (QED) is 0.713. The highest BCUT2D eigenvalue weighted by Gasteiger charge is 1.89. The maximum Gasteiger partial charge on any atom is 0.0474 e. The maximum absolute atomic E-state index is 5.68. The first kappa shape index (κ1) is 9.30. The van der Waals surface area contributed by atoms with Gasteiger partial charge in [0, 0.05) is 12.4 Å². The summed E-state index contributed by atoms with van der Waals surface area (Å²) < 4.78 is 0. The zero-order valence-electron chi connectivity index (χ0n) is 6.83. The number of alkyl halides is 1. The monoisotopic (exact) mass is 181 g/mol. The van der Waals surface area contributed by atoms with Gasteiger partial charge >= 0.3 is 0 Å². The Balaban J connectivity index is 2.79. The van der Waals surface area contributed by atoms with Crippen LogP contribution in [0.4, 0.5) is 0 Å². The van der Waals surface area contributed by atoms with Gasteiger partial charge in [-0.15, -0.1) is 11.6 Å². The third-order valence-corrected chi connectivity index (χ3v) is 1.86. The summed E-state index contributed by atoms with van der Waals surface area (Å²) >= 11 is 5.68. The van der Waals surface area contributed by atoms with Crippen LogP contribution in [0.3, 0.4) is 0 Å². The summed E-state index contributed by atoms with van der Waals surface area (Å²) in [7, 11) is 0. The topological polar surface area (TPSA) is 26.0 Å². The first-order valence-electron chi connectivity index (χ1n) is 3.88. The number of rotatable bonds is 3. The van der Waals surface area contributed by atoms with Gasteiger partial charge in [0.15, 0.2) is 0 Å². The molecule has 0 bridgehead atoms. The van der Waals surface area contributed by atoms with Crippen molar-refractivity contribution < 1.29 is 0 Å². The molecule has 0 amide bonds. The summed E-state index contributed by atoms with van der Waals surface area (Å²) in [5, 5.41) is 0. The molecule has 0 heterocycles. The van der Waals surface area contributed by atoms with Crippen molar-refractivity contribution in [2.45, 2.75) is 5.88 Å². The van der Waals surface area contributed by atoms with Gasteiger partial charge in [-0.3, -0.25) is 0 Å². The van der Waals surface area contributed by atoms with Crippen molar-refractivity contribution >= 4 is 17.7 Å². The van der Waals surface area contributed by atoms with E-state index in [0.717, 1.165) is 11.1 Å². The Morgan fingerprint density at radius 3 is 2.92 bits per heavy atom. The lowest BCUT2D eigenvalue weighted by Crippen LogP contribution is -1.91. The zero-order valence-corrected chi connectivity index (χ0v) is 7.59.